The molecule has 1 rings (SSSR count). The van der Waals surface area contributed by atoms with Gasteiger partial charge in [-0.25, -0.2) is 4.39 Å². The molecule has 0 heterocycles. The van der Waals surface area contributed by atoms with Gasteiger partial charge in [-0.15, -0.1) is 0 Å². The zero-order chi connectivity index (χ0) is 15.1. The van der Waals surface area contributed by atoms with E-state index in [2.05, 4.69) is 18.7 Å². The highest BCUT2D eigenvalue weighted by Crippen LogP contribution is 2.25. The predicted molar refractivity (Wildman–Crippen MR) is 79.1 cm³/mol. The summed E-state index contributed by atoms with van der Waals surface area (Å²) in [6.07, 6.45) is -0.792. The number of hydrogen-bond donors (Lipinski definition) is 1. The van der Waals surface area contributed by atoms with Crippen LogP contribution in [0.25, 0.3) is 0 Å². The molecule has 2 unspecified atom stereocenters. The SMILES string of the molecule is COCCN(CC(C)C(O)c1ccccc1F)C(C)C. The van der Waals surface area contributed by atoms with Crippen LogP contribution in [0, 0.1) is 11.7 Å². The number of halogens is 1. The van der Waals surface area contributed by atoms with Crippen molar-refractivity contribution in [1.82, 2.24) is 4.90 Å². The summed E-state index contributed by atoms with van der Waals surface area (Å²) in [6.45, 7) is 8.33. The van der Waals surface area contributed by atoms with Crippen LogP contribution in [-0.2, 0) is 4.74 Å². The van der Waals surface area contributed by atoms with Gasteiger partial charge in [-0.2, -0.15) is 0 Å². The van der Waals surface area contributed by atoms with Gasteiger partial charge < -0.3 is 9.84 Å². The van der Waals surface area contributed by atoms with Crippen molar-refractivity contribution in [2.24, 2.45) is 5.92 Å². The van der Waals surface area contributed by atoms with Gasteiger partial charge in [-0.1, -0.05) is 25.1 Å². The van der Waals surface area contributed by atoms with E-state index >= 15 is 0 Å². The topological polar surface area (TPSA) is 32.7 Å². The summed E-state index contributed by atoms with van der Waals surface area (Å²) in [5.74, 6) is -0.397. The summed E-state index contributed by atoms with van der Waals surface area (Å²) in [7, 11) is 1.68. The Morgan fingerprint density at radius 3 is 2.45 bits per heavy atom. The first-order chi connectivity index (χ1) is 9.47. The average Bonchev–Trinajstić information content (AvgIpc) is 2.42. The number of nitrogens with zero attached hydrogens (tertiary/aromatic N) is 1. The van der Waals surface area contributed by atoms with Gasteiger partial charge in [0.1, 0.15) is 5.82 Å². The molecular formula is C16H26FNO2. The van der Waals surface area contributed by atoms with Gasteiger partial charge in [0.2, 0.25) is 0 Å². The Bertz CT molecular complexity index is 398. The van der Waals surface area contributed by atoms with Crippen LogP contribution in [0.3, 0.4) is 0 Å². The molecule has 0 bridgehead atoms. The predicted octanol–water partition coefficient (Wildman–Crippen LogP) is 2.85. The summed E-state index contributed by atoms with van der Waals surface area (Å²) in [4.78, 5) is 2.23. The Balaban J connectivity index is 2.68. The lowest BCUT2D eigenvalue weighted by Gasteiger charge is -2.31. The number of rotatable bonds is 8. The van der Waals surface area contributed by atoms with Crippen LogP contribution < -0.4 is 0 Å². The van der Waals surface area contributed by atoms with Gasteiger partial charge in [-0.3, -0.25) is 4.90 Å². The molecular weight excluding hydrogens is 257 g/mol. The highest BCUT2D eigenvalue weighted by atomic mass is 19.1. The second kappa shape index (κ2) is 8.35. The summed E-state index contributed by atoms with van der Waals surface area (Å²) in [6, 6.07) is 6.77. The minimum absolute atomic E-state index is 0.0499. The molecule has 0 aliphatic heterocycles. The molecule has 2 atom stereocenters. The van der Waals surface area contributed by atoms with E-state index in [1.54, 1.807) is 25.3 Å². The largest absolute Gasteiger partial charge is 0.388 e. The molecule has 0 saturated heterocycles. The Kier molecular flexibility index (Phi) is 7.13. The maximum absolute atomic E-state index is 13.7. The number of aliphatic hydroxyl groups excluding tert-OH is 1. The maximum atomic E-state index is 13.7. The fourth-order valence-electron chi connectivity index (χ4n) is 2.26. The quantitative estimate of drug-likeness (QED) is 0.796. The highest BCUT2D eigenvalue weighted by molar-refractivity contribution is 5.20. The zero-order valence-corrected chi connectivity index (χ0v) is 12.8. The number of benzene rings is 1. The van der Waals surface area contributed by atoms with E-state index in [0.717, 1.165) is 6.54 Å². The zero-order valence-electron chi connectivity index (χ0n) is 12.8. The molecule has 0 radical (unpaired) electrons. The summed E-state index contributed by atoms with van der Waals surface area (Å²) < 4.78 is 18.8. The summed E-state index contributed by atoms with van der Waals surface area (Å²) >= 11 is 0. The van der Waals surface area contributed by atoms with Crippen molar-refractivity contribution in [2.75, 3.05) is 26.8 Å². The second-order valence-corrected chi connectivity index (χ2v) is 5.53. The lowest BCUT2D eigenvalue weighted by Crippen LogP contribution is -2.38. The number of aliphatic hydroxyl groups is 1. The molecule has 1 aromatic rings. The van der Waals surface area contributed by atoms with Crippen LogP contribution in [0.15, 0.2) is 24.3 Å². The molecule has 1 N–H and O–H groups in total. The molecule has 0 fully saturated rings. The lowest BCUT2D eigenvalue weighted by molar-refractivity contribution is 0.0623. The number of hydrogen-bond acceptors (Lipinski definition) is 3. The Morgan fingerprint density at radius 2 is 1.90 bits per heavy atom. The van der Waals surface area contributed by atoms with Gasteiger partial charge in [-0.05, 0) is 25.8 Å². The van der Waals surface area contributed by atoms with Gasteiger partial charge in [0.05, 0.1) is 12.7 Å². The molecule has 4 heteroatoms. The number of methoxy groups -OCH3 is 1. The summed E-state index contributed by atoms with van der Waals surface area (Å²) in [5, 5.41) is 10.3. The third kappa shape index (κ3) is 4.85. The molecule has 0 aromatic heterocycles. The van der Waals surface area contributed by atoms with Crippen LogP contribution in [0.4, 0.5) is 4.39 Å². The van der Waals surface area contributed by atoms with Gasteiger partial charge in [0.15, 0.2) is 0 Å². The molecule has 114 valence electrons. The van der Waals surface area contributed by atoms with Crippen molar-refractivity contribution in [3.8, 4) is 0 Å². The van der Waals surface area contributed by atoms with Crippen LogP contribution in [0.1, 0.15) is 32.4 Å². The second-order valence-electron chi connectivity index (χ2n) is 5.53. The van der Waals surface area contributed by atoms with Crippen molar-refractivity contribution < 1.29 is 14.2 Å². The Hall–Kier alpha value is -0.970. The van der Waals surface area contributed by atoms with Gasteiger partial charge in [0, 0.05) is 31.8 Å². The lowest BCUT2D eigenvalue weighted by atomic mass is 9.96. The molecule has 20 heavy (non-hydrogen) atoms. The van der Waals surface area contributed by atoms with Crippen molar-refractivity contribution >= 4 is 0 Å². The summed E-state index contributed by atoms with van der Waals surface area (Å²) in [5.41, 5.74) is 0.371. The van der Waals surface area contributed by atoms with E-state index in [0.29, 0.717) is 24.8 Å². The van der Waals surface area contributed by atoms with E-state index < -0.39 is 6.10 Å². The van der Waals surface area contributed by atoms with Crippen LogP contribution in [0.2, 0.25) is 0 Å². The standard InChI is InChI=1S/C16H26FNO2/c1-12(2)18(9-10-20-4)11-13(3)16(19)14-7-5-6-8-15(14)17/h5-8,12-13,16,19H,9-11H2,1-4H3. The smallest absolute Gasteiger partial charge is 0.129 e. The molecule has 1 aromatic carbocycles. The molecule has 0 amide bonds. The van der Waals surface area contributed by atoms with E-state index in [1.807, 2.05) is 6.92 Å². The van der Waals surface area contributed by atoms with Crippen LogP contribution in [-0.4, -0.2) is 42.9 Å². The van der Waals surface area contributed by atoms with Crippen molar-refractivity contribution in [1.29, 1.82) is 0 Å². The molecule has 0 spiro atoms. The third-order valence-electron chi connectivity index (χ3n) is 3.60. The van der Waals surface area contributed by atoms with E-state index in [4.69, 9.17) is 4.74 Å². The molecule has 3 nitrogen and oxygen atoms in total. The van der Waals surface area contributed by atoms with Gasteiger partial charge >= 0.3 is 0 Å². The molecule has 0 aliphatic rings. The van der Waals surface area contributed by atoms with Crippen LogP contribution in [0.5, 0.6) is 0 Å². The average molecular weight is 283 g/mol. The normalized spacial score (nSPS) is 14.8. The van der Waals surface area contributed by atoms with Crippen LogP contribution >= 0.6 is 0 Å². The monoisotopic (exact) mass is 283 g/mol. The minimum atomic E-state index is -0.792. The van der Waals surface area contributed by atoms with Crippen molar-refractivity contribution in [2.45, 2.75) is 32.9 Å². The van der Waals surface area contributed by atoms with Crippen molar-refractivity contribution in [3.63, 3.8) is 0 Å². The minimum Gasteiger partial charge on any atom is -0.388 e. The van der Waals surface area contributed by atoms with E-state index in [1.165, 1.54) is 6.07 Å². The first kappa shape index (κ1) is 17.1. The highest BCUT2D eigenvalue weighted by Gasteiger charge is 2.22. The fraction of sp³-hybridized carbons (Fsp3) is 0.625. The Morgan fingerprint density at radius 1 is 1.25 bits per heavy atom. The first-order valence-electron chi connectivity index (χ1n) is 7.12. The Labute approximate surface area is 121 Å². The molecule has 0 aliphatic carbocycles. The molecule has 0 saturated carbocycles. The maximum Gasteiger partial charge on any atom is 0.129 e. The van der Waals surface area contributed by atoms with Gasteiger partial charge in [0.25, 0.3) is 0 Å². The first-order valence-corrected chi connectivity index (χ1v) is 7.12. The third-order valence-corrected chi connectivity index (χ3v) is 3.60. The van der Waals surface area contributed by atoms with E-state index in [9.17, 15) is 9.50 Å². The van der Waals surface area contributed by atoms with E-state index in [-0.39, 0.29) is 11.7 Å². The number of ether oxygens (including phenoxy) is 1. The van der Waals surface area contributed by atoms with Crippen molar-refractivity contribution in [3.05, 3.63) is 35.6 Å². The fourth-order valence-corrected chi connectivity index (χ4v) is 2.26.